The van der Waals surface area contributed by atoms with Crippen LogP contribution in [0.1, 0.15) is 20.3 Å². The molecule has 0 aromatic heterocycles. The lowest BCUT2D eigenvalue weighted by molar-refractivity contribution is -0.129. The molecule has 1 heterocycles. The third-order valence-corrected chi connectivity index (χ3v) is 2.63. The van der Waals surface area contributed by atoms with Gasteiger partial charge in [-0.15, -0.1) is 0 Å². The number of rotatable bonds is 5. The maximum Gasteiger partial charge on any atom is 0.240 e. The lowest BCUT2D eigenvalue weighted by atomic mass is 9.98. The number of hydrogen-bond donors (Lipinski definition) is 3. The summed E-state index contributed by atoms with van der Waals surface area (Å²) in [5.41, 5.74) is 5.20. The molecule has 1 saturated heterocycles. The molecule has 0 aromatic carbocycles. The van der Waals surface area contributed by atoms with Crippen molar-refractivity contribution in [1.82, 2.24) is 10.6 Å². The zero-order chi connectivity index (χ0) is 11.4. The summed E-state index contributed by atoms with van der Waals surface area (Å²) in [6.07, 6.45) is 0.476. The molecule has 2 amide bonds. The van der Waals surface area contributed by atoms with Crippen molar-refractivity contribution in [1.29, 1.82) is 0 Å². The number of carbonyl (C=O) groups is 2. The Kier molecular flexibility index (Phi) is 4.08. The van der Waals surface area contributed by atoms with Crippen LogP contribution in [0.5, 0.6) is 0 Å². The molecule has 5 heteroatoms. The molecule has 0 saturated carbocycles. The molecule has 1 atom stereocenters. The van der Waals surface area contributed by atoms with Gasteiger partial charge in [-0.1, -0.05) is 13.8 Å². The van der Waals surface area contributed by atoms with Gasteiger partial charge in [0, 0.05) is 6.42 Å². The molecule has 0 spiro atoms. The SMILES string of the molecule is CC(C)C(NC(=O)CC1CNC1)C(N)=O. The minimum absolute atomic E-state index is 0.0333. The number of primary amides is 1. The number of nitrogens with one attached hydrogen (secondary N) is 2. The smallest absolute Gasteiger partial charge is 0.240 e. The van der Waals surface area contributed by atoms with Crippen molar-refractivity contribution in [2.24, 2.45) is 17.6 Å². The molecule has 86 valence electrons. The highest BCUT2D eigenvalue weighted by atomic mass is 16.2. The molecule has 0 aromatic rings. The van der Waals surface area contributed by atoms with Crippen LogP contribution in [-0.2, 0) is 9.59 Å². The van der Waals surface area contributed by atoms with Gasteiger partial charge in [0.1, 0.15) is 6.04 Å². The van der Waals surface area contributed by atoms with E-state index in [0.29, 0.717) is 12.3 Å². The summed E-state index contributed by atoms with van der Waals surface area (Å²) in [7, 11) is 0. The van der Waals surface area contributed by atoms with Crippen LogP contribution in [0.4, 0.5) is 0 Å². The minimum Gasteiger partial charge on any atom is -0.368 e. The van der Waals surface area contributed by atoms with Crippen LogP contribution in [0, 0.1) is 11.8 Å². The topological polar surface area (TPSA) is 84.2 Å². The maximum atomic E-state index is 11.5. The van der Waals surface area contributed by atoms with Crippen LogP contribution >= 0.6 is 0 Å². The molecule has 1 aliphatic heterocycles. The van der Waals surface area contributed by atoms with Crippen LogP contribution < -0.4 is 16.4 Å². The fourth-order valence-electron chi connectivity index (χ4n) is 1.55. The van der Waals surface area contributed by atoms with E-state index in [0.717, 1.165) is 13.1 Å². The summed E-state index contributed by atoms with van der Waals surface area (Å²) >= 11 is 0. The van der Waals surface area contributed by atoms with Gasteiger partial charge in [0.05, 0.1) is 0 Å². The van der Waals surface area contributed by atoms with Gasteiger partial charge in [-0.05, 0) is 24.9 Å². The van der Waals surface area contributed by atoms with Crippen LogP contribution in [0.3, 0.4) is 0 Å². The van der Waals surface area contributed by atoms with Gasteiger partial charge in [-0.3, -0.25) is 9.59 Å². The Morgan fingerprint density at radius 1 is 1.47 bits per heavy atom. The summed E-state index contributed by atoms with van der Waals surface area (Å²) in [4.78, 5) is 22.6. The molecule has 0 bridgehead atoms. The van der Waals surface area contributed by atoms with E-state index in [-0.39, 0.29) is 11.8 Å². The highest BCUT2D eigenvalue weighted by molar-refractivity contribution is 5.86. The normalized spacial score (nSPS) is 18.3. The van der Waals surface area contributed by atoms with Gasteiger partial charge in [0.25, 0.3) is 0 Å². The molecule has 15 heavy (non-hydrogen) atoms. The third kappa shape index (κ3) is 3.51. The van der Waals surface area contributed by atoms with E-state index in [1.165, 1.54) is 0 Å². The molecular formula is C10H19N3O2. The first-order valence-electron chi connectivity index (χ1n) is 5.30. The largest absolute Gasteiger partial charge is 0.368 e. The lowest BCUT2D eigenvalue weighted by Gasteiger charge is -2.27. The second kappa shape index (κ2) is 5.11. The third-order valence-electron chi connectivity index (χ3n) is 2.63. The van der Waals surface area contributed by atoms with E-state index in [4.69, 9.17) is 5.73 Å². The number of carbonyl (C=O) groups excluding carboxylic acids is 2. The van der Waals surface area contributed by atoms with Crippen molar-refractivity contribution >= 4 is 11.8 Å². The van der Waals surface area contributed by atoms with Gasteiger partial charge in [0.15, 0.2) is 0 Å². The predicted molar refractivity (Wildman–Crippen MR) is 56.9 cm³/mol. The van der Waals surface area contributed by atoms with Crippen molar-refractivity contribution in [3.8, 4) is 0 Å². The van der Waals surface area contributed by atoms with Gasteiger partial charge < -0.3 is 16.4 Å². The molecule has 4 N–H and O–H groups in total. The van der Waals surface area contributed by atoms with Gasteiger partial charge >= 0.3 is 0 Å². The van der Waals surface area contributed by atoms with E-state index in [1.807, 2.05) is 13.8 Å². The number of nitrogens with two attached hydrogens (primary N) is 1. The van der Waals surface area contributed by atoms with E-state index < -0.39 is 11.9 Å². The van der Waals surface area contributed by atoms with Crippen molar-refractivity contribution in [3.63, 3.8) is 0 Å². The Hall–Kier alpha value is -1.10. The molecule has 1 rings (SSSR count). The van der Waals surface area contributed by atoms with Crippen LogP contribution in [-0.4, -0.2) is 30.9 Å². The van der Waals surface area contributed by atoms with Crippen LogP contribution in [0.25, 0.3) is 0 Å². The van der Waals surface area contributed by atoms with E-state index in [9.17, 15) is 9.59 Å². The number of amides is 2. The second-order valence-electron chi connectivity index (χ2n) is 4.42. The fourth-order valence-corrected chi connectivity index (χ4v) is 1.55. The zero-order valence-corrected chi connectivity index (χ0v) is 9.25. The molecule has 0 aliphatic carbocycles. The summed E-state index contributed by atoms with van der Waals surface area (Å²) < 4.78 is 0. The first-order valence-corrected chi connectivity index (χ1v) is 5.30. The molecular weight excluding hydrogens is 194 g/mol. The fraction of sp³-hybridized carbons (Fsp3) is 0.800. The highest BCUT2D eigenvalue weighted by Crippen LogP contribution is 2.09. The Balaban J connectivity index is 2.36. The Labute approximate surface area is 89.8 Å². The van der Waals surface area contributed by atoms with Crippen molar-refractivity contribution in [3.05, 3.63) is 0 Å². The summed E-state index contributed by atoms with van der Waals surface area (Å²) in [5, 5.41) is 5.77. The molecule has 1 aliphatic rings. The molecule has 0 radical (unpaired) electrons. The average molecular weight is 213 g/mol. The maximum absolute atomic E-state index is 11.5. The molecule has 1 unspecified atom stereocenters. The van der Waals surface area contributed by atoms with E-state index >= 15 is 0 Å². The quantitative estimate of drug-likeness (QED) is 0.560. The minimum atomic E-state index is -0.550. The van der Waals surface area contributed by atoms with Crippen LogP contribution in [0.15, 0.2) is 0 Å². The van der Waals surface area contributed by atoms with Crippen molar-refractivity contribution in [2.75, 3.05) is 13.1 Å². The van der Waals surface area contributed by atoms with Crippen molar-refractivity contribution < 1.29 is 9.59 Å². The van der Waals surface area contributed by atoms with Crippen molar-refractivity contribution in [2.45, 2.75) is 26.3 Å². The highest BCUT2D eigenvalue weighted by Gasteiger charge is 2.25. The lowest BCUT2D eigenvalue weighted by Crippen LogP contribution is -2.50. The van der Waals surface area contributed by atoms with Crippen LogP contribution in [0.2, 0.25) is 0 Å². The number of hydrogen-bond acceptors (Lipinski definition) is 3. The standard InChI is InChI=1S/C10H19N3O2/c1-6(2)9(10(11)15)13-8(14)3-7-4-12-5-7/h6-7,9,12H,3-5H2,1-2H3,(H2,11,15)(H,13,14). The Morgan fingerprint density at radius 3 is 2.40 bits per heavy atom. The Bertz CT molecular complexity index is 249. The summed E-state index contributed by atoms with van der Waals surface area (Å²) in [5.74, 6) is -0.110. The first kappa shape index (κ1) is 12.0. The molecule has 5 nitrogen and oxygen atoms in total. The van der Waals surface area contributed by atoms with E-state index in [2.05, 4.69) is 10.6 Å². The Morgan fingerprint density at radius 2 is 2.07 bits per heavy atom. The second-order valence-corrected chi connectivity index (χ2v) is 4.42. The zero-order valence-electron chi connectivity index (χ0n) is 9.25. The van der Waals surface area contributed by atoms with Gasteiger partial charge in [-0.25, -0.2) is 0 Å². The monoisotopic (exact) mass is 213 g/mol. The summed E-state index contributed by atoms with van der Waals surface area (Å²) in [6, 6.07) is -0.550. The van der Waals surface area contributed by atoms with Gasteiger partial charge in [0.2, 0.25) is 11.8 Å². The predicted octanol–water partition coefficient (Wildman–Crippen LogP) is -0.778. The van der Waals surface area contributed by atoms with E-state index in [1.54, 1.807) is 0 Å². The molecule has 1 fully saturated rings. The average Bonchev–Trinajstić information content (AvgIpc) is 2.06. The summed E-state index contributed by atoms with van der Waals surface area (Å²) in [6.45, 7) is 5.49. The first-order chi connectivity index (χ1) is 7.00. The van der Waals surface area contributed by atoms with Gasteiger partial charge in [-0.2, -0.15) is 0 Å².